The van der Waals surface area contributed by atoms with Gasteiger partial charge in [-0.2, -0.15) is 5.26 Å². The van der Waals surface area contributed by atoms with Crippen LogP contribution in [0.1, 0.15) is 34.0 Å². The van der Waals surface area contributed by atoms with E-state index in [1.165, 1.54) is 10.4 Å². The molecule has 1 aromatic heterocycles. The summed E-state index contributed by atoms with van der Waals surface area (Å²) in [5.41, 5.74) is 8.43. The van der Waals surface area contributed by atoms with Crippen LogP contribution < -0.4 is 11.1 Å². The molecule has 0 radical (unpaired) electrons. The Balaban J connectivity index is 1.78. The lowest BCUT2D eigenvalue weighted by atomic mass is 9.85. The van der Waals surface area contributed by atoms with E-state index in [-0.39, 0.29) is 5.96 Å². The van der Waals surface area contributed by atoms with Crippen LogP contribution in [0.5, 0.6) is 0 Å². The minimum atomic E-state index is -0.0789. The van der Waals surface area contributed by atoms with Crippen molar-refractivity contribution in [2.75, 3.05) is 5.32 Å². The summed E-state index contributed by atoms with van der Waals surface area (Å²) in [4.78, 5) is 5.75. The molecule has 3 rings (SSSR count). The van der Waals surface area contributed by atoms with Crippen molar-refractivity contribution in [3.05, 3.63) is 46.0 Å². The second kappa shape index (κ2) is 5.54. The summed E-state index contributed by atoms with van der Waals surface area (Å²) >= 11 is 1.57. The van der Waals surface area contributed by atoms with Crippen LogP contribution in [-0.4, -0.2) is 10.9 Å². The summed E-state index contributed by atoms with van der Waals surface area (Å²) in [6.45, 7) is 0. The van der Waals surface area contributed by atoms with Crippen LogP contribution in [0.2, 0.25) is 0 Å². The molecule has 0 amide bonds. The zero-order valence-electron chi connectivity index (χ0n) is 11.4. The van der Waals surface area contributed by atoms with Gasteiger partial charge in [0.25, 0.3) is 0 Å². The topological polar surface area (TPSA) is 98.6 Å². The molecule has 2 aromatic rings. The smallest absolute Gasteiger partial charge is 0.192 e. The van der Waals surface area contributed by atoms with Crippen LogP contribution in [-0.2, 0) is 12.8 Å². The Morgan fingerprint density at radius 1 is 1.43 bits per heavy atom. The Labute approximate surface area is 127 Å². The molecule has 0 unspecified atom stereocenters. The van der Waals surface area contributed by atoms with E-state index in [1.54, 1.807) is 11.3 Å². The van der Waals surface area contributed by atoms with Gasteiger partial charge in [0.05, 0.1) is 17.3 Å². The molecule has 106 valence electrons. The molecule has 5 nitrogen and oxygen atoms in total. The Morgan fingerprint density at radius 2 is 2.19 bits per heavy atom. The zero-order valence-corrected chi connectivity index (χ0v) is 12.2. The molecular formula is C15H15N5S. The van der Waals surface area contributed by atoms with Crippen molar-refractivity contribution >= 4 is 22.4 Å². The quantitative estimate of drug-likeness (QED) is 0.586. The second-order valence-corrected chi connectivity index (χ2v) is 6.18. The Kier molecular flexibility index (Phi) is 3.59. The minimum Gasteiger partial charge on any atom is -0.370 e. The highest BCUT2D eigenvalue weighted by Crippen LogP contribution is 2.36. The van der Waals surface area contributed by atoms with E-state index in [9.17, 15) is 0 Å². The van der Waals surface area contributed by atoms with Crippen molar-refractivity contribution in [1.82, 2.24) is 4.98 Å². The van der Waals surface area contributed by atoms with Crippen molar-refractivity contribution in [1.29, 1.82) is 10.7 Å². The maximum absolute atomic E-state index is 8.85. The first-order chi connectivity index (χ1) is 10.2. The van der Waals surface area contributed by atoms with Crippen molar-refractivity contribution < 1.29 is 0 Å². The highest BCUT2D eigenvalue weighted by Gasteiger charge is 2.23. The SMILES string of the molecule is N#Cc1ccc([C@H]2CCc3nc(NC(=N)N)sc3C2)cc1. The summed E-state index contributed by atoms with van der Waals surface area (Å²) in [5, 5.41) is 19.6. The third-order valence-electron chi connectivity index (χ3n) is 3.69. The molecule has 21 heavy (non-hydrogen) atoms. The number of aryl methyl sites for hydroxylation is 1. The van der Waals surface area contributed by atoms with Crippen LogP contribution in [0.3, 0.4) is 0 Å². The molecule has 1 aliphatic carbocycles. The van der Waals surface area contributed by atoms with E-state index in [1.807, 2.05) is 24.3 Å². The van der Waals surface area contributed by atoms with Gasteiger partial charge in [0.1, 0.15) is 0 Å². The molecular weight excluding hydrogens is 282 g/mol. The van der Waals surface area contributed by atoms with Crippen molar-refractivity contribution in [2.45, 2.75) is 25.2 Å². The molecule has 0 saturated carbocycles. The van der Waals surface area contributed by atoms with Crippen LogP contribution in [0.25, 0.3) is 0 Å². The van der Waals surface area contributed by atoms with Crippen LogP contribution in [0.4, 0.5) is 5.13 Å². The molecule has 0 bridgehead atoms. The molecule has 1 atom stereocenters. The molecule has 4 N–H and O–H groups in total. The molecule has 0 spiro atoms. The largest absolute Gasteiger partial charge is 0.370 e. The maximum atomic E-state index is 8.85. The van der Waals surface area contributed by atoms with Crippen LogP contribution in [0, 0.1) is 16.7 Å². The van der Waals surface area contributed by atoms with Gasteiger partial charge in [-0.1, -0.05) is 12.1 Å². The van der Waals surface area contributed by atoms with Gasteiger partial charge in [0, 0.05) is 4.88 Å². The number of benzene rings is 1. The molecule has 1 aromatic carbocycles. The molecule has 1 aliphatic rings. The Hall–Kier alpha value is -2.39. The van der Waals surface area contributed by atoms with E-state index in [2.05, 4.69) is 16.4 Å². The lowest BCUT2D eigenvalue weighted by Crippen LogP contribution is -2.20. The third kappa shape index (κ3) is 2.88. The summed E-state index contributed by atoms with van der Waals surface area (Å²) in [6, 6.07) is 9.99. The third-order valence-corrected chi connectivity index (χ3v) is 4.73. The van der Waals surface area contributed by atoms with E-state index in [0.29, 0.717) is 16.6 Å². The fourth-order valence-electron chi connectivity index (χ4n) is 2.66. The number of nitrogens with two attached hydrogens (primary N) is 1. The fourth-order valence-corrected chi connectivity index (χ4v) is 3.76. The first-order valence-corrected chi connectivity index (χ1v) is 7.57. The van der Waals surface area contributed by atoms with Gasteiger partial charge in [-0.15, -0.1) is 11.3 Å². The number of hydrogen-bond donors (Lipinski definition) is 3. The Bertz CT molecular complexity index is 711. The number of anilines is 1. The number of thiazole rings is 1. The summed E-state index contributed by atoms with van der Waals surface area (Å²) in [5.74, 6) is 0.389. The number of nitrogens with one attached hydrogen (secondary N) is 2. The van der Waals surface area contributed by atoms with E-state index < -0.39 is 0 Å². The van der Waals surface area contributed by atoms with Crippen LogP contribution >= 0.6 is 11.3 Å². The maximum Gasteiger partial charge on any atom is 0.192 e. The number of nitriles is 1. The predicted octanol–water partition coefficient (Wildman–Crippen LogP) is 2.59. The van der Waals surface area contributed by atoms with Crippen LogP contribution in [0.15, 0.2) is 24.3 Å². The van der Waals surface area contributed by atoms with E-state index in [4.69, 9.17) is 16.4 Å². The minimum absolute atomic E-state index is 0.0789. The van der Waals surface area contributed by atoms with E-state index in [0.717, 1.165) is 25.0 Å². The van der Waals surface area contributed by atoms with Gasteiger partial charge < -0.3 is 11.1 Å². The summed E-state index contributed by atoms with van der Waals surface area (Å²) in [6.07, 6.45) is 2.96. The summed E-state index contributed by atoms with van der Waals surface area (Å²) < 4.78 is 0. The molecule has 0 aliphatic heterocycles. The first-order valence-electron chi connectivity index (χ1n) is 6.75. The van der Waals surface area contributed by atoms with Gasteiger partial charge in [-0.3, -0.25) is 5.41 Å². The number of rotatable bonds is 2. The predicted molar refractivity (Wildman–Crippen MR) is 83.6 cm³/mol. The number of guanidine groups is 1. The van der Waals surface area contributed by atoms with Gasteiger partial charge >= 0.3 is 0 Å². The average molecular weight is 297 g/mol. The number of aromatic nitrogens is 1. The lowest BCUT2D eigenvalue weighted by molar-refractivity contribution is 0.584. The fraction of sp³-hybridized carbons (Fsp3) is 0.267. The van der Waals surface area contributed by atoms with E-state index >= 15 is 0 Å². The number of hydrogen-bond acceptors (Lipinski definition) is 4. The Morgan fingerprint density at radius 3 is 2.86 bits per heavy atom. The second-order valence-electron chi connectivity index (χ2n) is 5.10. The standard InChI is InChI=1S/C15H15N5S/c16-8-9-1-3-10(4-2-9)11-5-6-12-13(7-11)21-15(19-12)20-14(17)18/h1-4,11H,5-7H2,(H4,17,18,19,20)/t11-/m0/s1. The normalized spacial score (nSPS) is 16.8. The molecule has 1 heterocycles. The highest BCUT2D eigenvalue weighted by atomic mass is 32.1. The highest BCUT2D eigenvalue weighted by molar-refractivity contribution is 7.15. The lowest BCUT2D eigenvalue weighted by Gasteiger charge is -2.21. The van der Waals surface area contributed by atoms with Crippen molar-refractivity contribution in [2.24, 2.45) is 5.73 Å². The molecule has 6 heteroatoms. The molecule has 0 fully saturated rings. The van der Waals surface area contributed by atoms with Crippen molar-refractivity contribution in [3.8, 4) is 6.07 Å². The summed E-state index contributed by atoms with van der Waals surface area (Å²) in [7, 11) is 0. The first kappa shape index (κ1) is 13.6. The molecule has 0 saturated heterocycles. The zero-order chi connectivity index (χ0) is 14.8. The van der Waals surface area contributed by atoms with Gasteiger partial charge in [0.15, 0.2) is 11.1 Å². The van der Waals surface area contributed by atoms with Gasteiger partial charge in [-0.05, 0) is 42.9 Å². The van der Waals surface area contributed by atoms with Gasteiger partial charge in [0.2, 0.25) is 0 Å². The number of nitrogens with zero attached hydrogens (tertiary/aromatic N) is 2. The average Bonchev–Trinajstić information content (AvgIpc) is 2.87. The number of fused-ring (bicyclic) bond motifs is 1. The van der Waals surface area contributed by atoms with Crippen molar-refractivity contribution in [3.63, 3.8) is 0 Å². The van der Waals surface area contributed by atoms with Gasteiger partial charge in [-0.25, -0.2) is 4.98 Å². The monoisotopic (exact) mass is 297 g/mol.